The van der Waals surface area contributed by atoms with E-state index in [1.54, 1.807) is 41.9 Å². The zero-order chi connectivity index (χ0) is 16.8. The lowest BCUT2D eigenvalue weighted by atomic mass is 10.1. The molecule has 0 aliphatic carbocycles. The van der Waals surface area contributed by atoms with Crippen LogP contribution < -0.4 is 16.0 Å². The van der Waals surface area contributed by atoms with Gasteiger partial charge in [-0.2, -0.15) is 0 Å². The Balaban J connectivity index is 2.00. The molecule has 0 radical (unpaired) electrons. The molecule has 0 bridgehead atoms. The lowest BCUT2D eigenvalue weighted by Gasteiger charge is -2.09. The Morgan fingerprint density at radius 3 is 2.04 bits per heavy atom. The van der Waals surface area contributed by atoms with Crippen LogP contribution in [-0.2, 0) is 11.2 Å². The summed E-state index contributed by atoms with van der Waals surface area (Å²) in [6.07, 6.45) is 0.237. The van der Waals surface area contributed by atoms with Gasteiger partial charge in [0.05, 0.1) is 0 Å². The van der Waals surface area contributed by atoms with Crippen molar-refractivity contribution in [3.05, 3.63) is 59.7 Å². The Kier molecular flexibility index (Phi) is 5.29. The highest BCUT2D eigenvalue weighted by atomic mass is 16.5. The van der Waals surface area contributed by atoms with Crippen LogP contribution in [0.5, 0.6) is 11.5 Å². The molecule has 0 fully saturated rings. The van der Waals surface area contributed by atoms with E-state index in [2.05, 4.69) is 0 Å². The monoisotopic (exact) mass is 316 g/mol. The second-order valence-electron chi connectivity index (χ2n) is 4.86. The van der Waals surface area contributed by atoms with Gasteiger partial charge in [-0.05, 0) is 48.4 Å². The van der Waals surface area contributed by atoms with Crippen LogP contribution >= 0.6 is 0 Å². The Morgan fingerprint density at radius 1 is 1.04 bits per heavy atom. The molecule has 0 aromatic heterocycles. The topological polar surface area (TPSA) is 122 Å². The van der Waals surface area contributed by atoms with Gasteiger partial charge in [0, 0.05) is 5.56 Å². The minimum absolute atomic E-state index is 0.237. The van der Waals surface area contributed by atoms with Gasteiger partial charge in [-0.3, -0.25) is 14.8 Å². The average Bonchev–Trinajstić information content (AvgIpc) is 2.56. The first-order valence-electron chi connectivity index (χ1n) is 6.79. The summed E-state index contributed by atoms with van der Waals surface area (Å²) in [5.74, 6) is -0.556. The van der Waals surface area contributed by atoms with E-state index in [4.69, 9.17) is 20.8 Å². The van der Waals surface area contributed by atoms with E-state index in [0.29, 0.717) is 17.1 Å². The predicted octanol–water partition coefficient (Wildman–Crippen LogP) is 1.55. The van der Waals surface area contributed by atoms with Gasteiger partial charge < -0.3 is 15.6 Å². The first kappa shape index (κ1) is 16.5. The van der Waals surface area contributed by atoms with Crippen molar-refractivity contribution in [2.24, 2.45) is 5.73 Å². The second-order valence-corrected chi connectivity index (χ2v) is 4.86. The second kappa shape index (κ2) is 7.39. The number of nitrogens with two attached hydrogens (primary N) is 1. The van der Waals surface area contributed by atoms with Crippen LogP contribution in [0, 0.1) is 0 Å². The number of carboxylic acids is 1. The summed E-state index contributed by atoms with van der Waals surface area (Å²) in [6, 6.07) is 12.2. The molecule has 0 unspecified atom stereocenters. The number of carboxylic acid groups (broad SMARTS) is 1. The van der Waals surface area contributed by atoms with Gasteiger partial charge in [-0.15, -0.1) is 0 Å². The molecule has 1 amide bonds. The van der Waals surface area contributed by atoms with E-state index >= 15 is 0 Å². The Hall–Kier alpha value is -2.90. The van der Waals surface area contributed by atoms with Gasteiger partial charge >= 0.3 is 5.97 Å². The molecule has 7 heteroatoms. The van der Waals surface area contributed by atoms with Crippen LogP contribution in [0.4, 0.5) is 0 Å². The van der Waals surface area contributed by atoms with Gasteiger partial charge in [-0.1, -0.05) is 12.1 Å². The maximum Gasteiger partial charge on any atom is 0.320 e. The Bertz CT molecular complexity index is 683. The quantitative estimate of drug-likeness (QED) is 0.474. The van der Waals surface area contributed by atoms with E-state index in [1.807, 2.05) is 0 Å². The van der Waals surface area contributed by atoms with Gasteiger partial charge in [-0.25, -0.2) is 5.48 Å². The smallest absolute Gasteiger partial charge is 0.320 e. The molecule has 1 atom stereocenters. The standard InChI is InChI=1S/C16H16N2O5/c17-14(16(20)21)9-10-1-5-12(6-2-10)23-13-7-3-11(4-8-13)15(19)18-22/h1-8,14,22H,9,17H2,(H,18,19)(H,20,21)/t14-/m0/s1. The maximum absolute atomic E-state index is 11.2. The van der Waals surface area contributed by atoms with Crippen molar-refractivity contribution in [1.82, 2.24) is 5.48 Å². The summed E-state index contributed by atoms with van der Waals surface area (Å²) in [7, 11) is 0. The third-order valence-corrected chi connectivity index (χ3v) is 3.15. The molecular formula is C16H16N2O5. The van der Waals surface area contributed by atoms with Crippen molar-refractivity contribution in [1.29, 1.82) is 0 Å². The fourth-order valence-corrected chi connectivity index (χ4v) is 1.91. The highest BCUT2D eigenvalue weighted by Gasteiger charge is 2.12. The van der Waals surface area contributed by atoms with E-state index in [1.165, 1.54) is 12.1 Å². The number of aliphatic carboxylic acids is 1. The summed E-state index contributed by atoms with van der Waals surface area (Å²) in [6.45, 7) is 0. The number of ether oxygens (including phenoxy) is 1. The van der Waals surface area contributed by atoms with Crippen LogP contribution in [0.1, 0.15) is 15.9 Å². The van der Waals surface area contributed by atoms with E-state index in [0.717, 1.165) is 5.56 Å². The van der Waals surface area contributed by atoms with Crippen molar-refractivity contribution < 1.29 is 24.6 Å². The molecular weight excluding hydrogens is 300 g/mol. The number of amides is 1. The summed E-state index contributed by atoms with van der Waals surface area (Å²) in [4.78, 5) is 21.9. The number of hydrogen-bond donors (Lipinski definition) is 4. The van der Waals surface area contributed by atoms with Crippen molar-refractivity contribution in [3.63, 3.8) is 0 Å². The van der Waals surface area contributed by atoms with Gasteiger partial charge in [0.1, 0.15) is 17.5 Å². The Morgan fingerprint density at radius 2 is 1.57 bits per heavy atom. The SMILES string of the molecule is N[C@@H](Cc1ccc(Oc2ccc(C(=O)NO)cc2)cc1)C(=O)O. The highest BCUT2D eigenvalue weighted by Crippen LogP contribution is 2.22. The normalized spacial score (nSPS) is 11.6. The minimum Gasteiger partial charge on any atom is -0.480 e. The van der Waals surface area contributed by atoms with Crippen molar-refractivity contribution in [3.8, 4) is 11.5 Å². The molecule has 0 aliphatic heterocycles. The summed E-state index contributed by atoms with van der Waals surface area (Å²) >= 11 is 0. The van der Waals surface area contributed by atoms with Crippen LogP contribution in [-0.4, -0.2) is 28.2 Å². The summed E-state index contributed by atoms with van der Waals surface area (Å²) in [5.41, 5.74) is 8.12. The fraction of sp³-hybridized carbons (Fsp3) is 0.125. The molecule has 2 aromatic rings. The molecule has 0 aliphatic rings. The lowest BCUT2D eigenvalue weighted by molar-refractivity contribution is -0.138. The molecule has 23 heavy (non-hydrogen) atoms. The largest absolute Gasteiger partial charge is 0.480 e. The molecule has 120 valence electrons. The number of benzene rings is 2. The third-order valence-electron chi connectivity index (χ3n) is 3.15. The number of nitrogens with one attached hydrogen (secondary N) is 1. The fourth-order valence-electron chi connectivity index (χ4n) is 1.91. The minimum atomic E-state index is -1.04. The van der Waals surface area contributed by atoms with Crippen LogP contribution in [0.3, 0.4) is 0 Å². The number of hydrogen-bond acceptors (Lipinski definition) is 5. The van der Waals surface area contributed by atoms with Gasteiger partial charge in [0.2, 0.25) is 0 Å². The Labute approximate surface area is 132 Å². The molecule has 0 spiro atoms. The lowest BCUT2D eigenvalue weighted by Crippen LogP contribution is -2.32. The molecule has 0 saturated heterocycles. The molecule has 2 aromatic carbocycles. The molecule has 2 rings (SSSR count). The number of rotatable bonds is 6. The van der Waals surface area contributed by atoms with Gasteiger partial charge in [0.25, 0.3) is 5.91 Å². The van der Waals surface area contributed by atoms with E-state index < -0.39 is 17.9 Å². The summed E-state index contributed by atoms with van der Waals surface area (Å²) in [5, 5.41) is 17.3. The summed E-state index contributed by atoms with van der Waals surface area (Å²) < 4.78 is 5.61. The van der Waals surface area contributed by atoms with Crippen LogP contribution in [0.2, 0.25) is 0 Å². The molecule has 7 nitrogen and oxygen atoms in total. The van der Waals surface area contributed by atoms with Crippen molar-refractivity contribution >= 4 is 11.9 Å². The third kappa shape index (κ3) is 4.53. The number of carbonyl (C=O) groups is 2. The molecule has 0 heterocycles. The van der Waals surface area contributed by atoms with Crippen LogP contribution in [0.15, 0.2) is 48.5 Å². The molecule has 5 N–H and O–H groups in total. The van der Waals surface area contributed by atoms with E-state index in [-0.39, 0.29) is 6.42 Å². The number of hydroxylamine groups is 1. The first-order valence-corrected chi connectivity index (χ1v) is 6.79. The van der Waals surface area contributed by atoms with E-state index in [9.17, 15) is 9.59 Å². The first-order chi connectivity index (χ1) is 11.0. The average molecular weight is 316 g/mol. The maximum atomic E-state index is 11.2. The predicted molar refractivity (Wildman–Crippen MR) is 81.5 cm³/mol. The zero-order valence-electron chi connectivity index (χ0n) is 12.1. The number of carbonyl (C=O) groups excluding carboxylic acids is 1. The molecule has 0 saturated carbocycles. The van der Waals surface area contributed by atoms with Crippen molar-refractivity contribution in [2.45, 2.75) is 12.5 Å². The zero-order valence-corrected chi connectivity index (χ0v) is 12.1. The van der Waals surface area contributed by atoms with Crippen molar-refractivity contribution in [2.75, 3.05) is 0 Å². The highest BCUT2D eigenvalue weighted by molar-refractivity contribution is 5.93. The van der Waals surface area contributed by atoms with Crippen LogP contribution in [0.25, 0.3) is 0 Å². The van der Waals surface area contributed by atoms with Gasteiger partial charge in [0.15, 0.2) is 0 Å².